The number of carbonyl (C=O) groups is 3. The van der Waals surface area contributed by atoms with E-state index in [2.05, 4.69) is 63.1 Å². The molecule has 0 fully saturated rings. The quantitative estimate of drug-likeness (QED) is 0.0585. The molecule has 57 heavy (non-hydrogen) atoms. The van der Waals surface area contributed by atoms with Gasteiger partial charge in [-0.25, -0.2) is 14.4 Å². The fraction of sp³-hybridized carbons (Fsp3) is 0.220. The summed E-state index contributed by atoms with van der Waals surface area (Å²) in [7, 11) is 0. The molecule has 1 unspecified atom stereocenters. The van der Waals surface area contributed by atoms with Gasteiger partial charge in [-0.05, 0) is 164 Å². The van der Waals surface area contributed by atoms with Crippen LogP contribution in [-0.2, 0) is 14.4 Å². The van der Waals surface area contributed by atoms with Gasteiger partial charge in [0.05, 0.1) is 0 Å². The van der Waals surface area contributed by atoms with Gasteiger partial charge in [0.15, 0.2) is 0 Å². The van der Waals surface area contributed by atoms with E-state index in [4.69, 9.17) is 14.2 Å². The molecule has 1 N–H and O–H groups in total. The lowest BCUT2D eigenvalue weighted by Crippen LogP contribution is -2.16. The normalized spacial score (nSPS) is 11.5. The van der Waals surface area contributed by atoms with Crippen LogP contribution in [0.5, 0.6) is 23.0 Å². The Morgan fingerprint density at radius 2 is 0.772 bits per heavy atom. The topological polar surface area (TPSA) is 99.1 Å². The molecule has 5 rings (SSSR count). The molecule has 0 saturated carbocycles. The zero-order valence-electron chi connectivity index (χ0n) is 34.3. The molecule has 7 nitrogen and oxygen atoms in total. The van der Waals surface area contributed by atoms with Crippen LogP contribution in [0.25, 0.3) is 0 Å². The minimum Gasteiger partial charge on any atom is -0.508 e. The van der Waals surface area contributed by atoms with Gasteiger partial charge in [0.25, 0.3) is 0 Å². The van der Waals surface area contributed by atoms with Gasteiger partial charge in [-0.1, -0.05) is 67.8 Å². The number of aryl methyl sites for hydroxylation is 9. The standard InChI is InChI=1S/C50H50O7/c1-13-46(52)55-43-24-29(6)38(20-33(43)10)49(39-21-34(11)44(25-30(39)7)56-47(53)14-2)36-17-16-27(4)18-41(36)50(37-19-32(9)42(51)23-28(37)5)40-22-35(12)45(26-31(40)8)57-48(54)15-3/h13-26,49-51H,1-3H2,4-12H3. The van der Waals surface area contributed by atoms with Gasteiger partial charge in [0.2, 0.25) is 0 Å². The Labute approximate surface area is 336 Å². The van der Waals surface area contributed by atoms with Crippen molar-refractivity contribution in [1.29, 1.82) is 0 Å². The predicted octanol–water partition coefficient (Wildman–Crippen LogP) is 10.8. The summed E-state index contributed by atoms with van der Waals surface area (Å²) in [6.45, 7) is 28.4. The number of phenolic OH excluding ortho intramolecular Hbond substituents is 1. The minimum atomic E-state index is -0.544. The number of hydrogen-bond acceptors (Lipinski definition) is 7. The molecule has 0 heterocycles. The van der Waals surface area contributed by atoms with Crippen LogP contribution in [0.1, 0.15) is 95.3 Å². The highest BCUT2D eigenvalue weighted by atomic mass is 16.5. The molecule has 0 aliphatic rings. The van der Waals surface area contributed by atoms with Gasteiger partial charge >= 0.3 is 17.9 Å². The Balaban J connectivity index is 1.91. The maximum absolute atomic E-state index is 12.3. The average molecular weight is 763 g/mol. The molecule has 0 saturated heterocycles. The molecule has 0 bridgehead atoms. The second-order valence-electron chi connectivity index (χ2n) is 14.8. The summed E-state index contributed by atoms with van der Waals surface area (Å²) in [6, 6.07) is 22.2. The summed E-state index contributed by atoms with van der Waals surface area (Å²) in [6.07, 6.45) is 3.43. The van der Waals surface area contributed by atoms with Crippen LogP contribution in [0, 0.1) is 62.3 Å². The van der Waals surface area contributed by atoms with Gasteiger partial charge in [-0.3, -0.25) is 0 Å². The third-order valence-electron chi connectivity index (χ3n) is 10.5. The minimum absolute atomic E-state index is 0.212. The average Bonchev–Trinajstić information content (AvgIpc) is 3.16. The summed E-state index contributed by atoms with van der Waals surface area (Å²) < 4.78 is 16.9. The maximum atomic E-state index is 12.3. The van der Waals surface area contributed by atoms with Crippen molar-refractivity contribution in [3.63, 3.8) is 0 Å². The van der Waals surface area contributed by atoms with Crippen molar-refractivity contribution in [3.8, 4) is 23.0 Å². The molecule has 0 spiro atoms. The molecular formula is C50H50O7. The molecule has 292 valence electrons. The molecule has 1 atom stereocenters. The monoisotopic (exact) mass is 762 g/mol. The third kappa shape index (κ3) is 8.84. The Morgan fingerprint density at radius 3 is 1.14 bits per heavy atom. The number of phenols is 1. The fourth-order valence-electron chi connectivity index (χ4n) is 7.50. The van der Waals surface area contributed by atoms with E-state index in [0.717, 1.165) is 102 Å². The van der Waals surface area contributed by atoms with E-state index in [1.54, 1.807) is 6.07 Å². The van der Waals surface area contributed by atoms with Crippen LogP contribution in [-0.4, -0.2) is 23.0 Å². The van der Waals surface area contributed by atoms with Crippen LogP contribution >= 0.6 is 0 Å². The van der Waals surface area contributed by atoms with Gasteiger partial charge in [0.1, 0.15) is 23.0 Å². The van der Waals surface area contributed by atoms with Crippen molar-refractivity contribution in [2.75, 3.05) is 0 Å². The van der Waals surface area contributed by atoms with Crippen LogP contribution in [0.4, 0.5) is 0 Å². The molecule has 5 aromatic rings. The lowest BCUT2D eigenvalue weighted by Gasteiger charge is -2.31. The molecular weight excluding hydrogens is 713 g/mol. The largest absolute Gasteiger partial charge is 0.508 e. The zero-order chi connectivity index (χ0) is 41.9. The number of benzene rings is 5. The van der Waals surface area contributed by atoms with E-state index < -0.39 is 17.9 Å². The fourth-order valence-corrected chi connectivity index (χ4v) is 7.50. The first-order valence-corrected chi connectivity index (χ1v) is 18.7. The molecule has 0 aromatic heterocycles. The van der Waals surface area contributed by atoms with Gasteiger partial charge in [-0.2, -0.15) is 0 Å². The van der Waals surface area contributed by atoms with E-state index in [-0.39, 0.29) is 17.6 Å². The van der Waals surface area contributed by atoms with E-state index >= 15 is 0 Å². The second-order valence-corrected chi connectivity index (χ2v) is 14.8. The predicted molar refractivity (Wildman–Crippen MR) is 226 cm³/mol. The number of rotatable bonds is 12. The summed E-state index contributed by atoms with van der Waals surface area (Å²) in [5, 5.41) is 10.8. The molecule has 0 aliphatic carbocycles. The lowest BCUT2D eigenvalue weighted by molar-refractivity contribution is -0.129. The van der Waals surface area contributed by atoms with Crippen molar-refractivity contribution in [2.45, 2.75) is 74.1 Å². The Bertz CT molecular complexity index is 2390. The van der Waals surface area contributed by atoms with Crippen molar-refractivity contribution >= 4 is 17.9 Å². The number of aromatic hydroxyl groups is 1. The van der Waals surface area contributed by atoms with E-state index in [1.165, 1.54) is 0 Å². The van der Waals surface area contributed by atoms with Gasteiger partial charge in [-0.15, -0.1) is 0 Å². The van der Waals surface area contributed by atoms with Crippen LogP contribution < -0.4 is 14.2 Å². The van der Waals surface area contributed by atoms with Crippen molar-refractivity contribution in [2.24, 2.45) is 0 Å². The Hall–Kier alpha value is -6.47. The highest BCUT2D eigenvalue weighted by Crippen LogP contribution is 2.47. The second kappa shape index (κ2) is 17.1. The third-order valence-corrected chi connectivity index (χ3v) is 10.5. The first kappa shape index (κ1) is 41.7. The van der Waals surface area contributed by atoms with Crippen molar-refractivity contribution in [3.05, 3.63) is 188 Å². The maximum Gasteiger partial charge on any atom is 0.335 e. The number of ether oxygens (including phenoxy) is 3. The molecule has 7 heteroatoms. The van der Waals surface area contributed by atoms with Crippen LogP contribution in [0.3, 0.4) is 0 Å². The van der Waals surface area contributed by atoms with Crippen molar-refractivity contribution in [1.82, 2.24) is 0 Å². The Kier molecular flexibility index (Phi) is 12.5. The first-order chi connectivity index (χ1) is 27.0. The molecule has 0 radical (unpaired) electrons. The smallest absolute Gasteiger partial charge is 0.335 e. The van der Waals surface area contributed by atoms with E-state index in [1.807, 2.05) is 79.7 Å². The summed E-state index contributed by atoms with van der Waals surface area (Å²) in [4.78, 5) is 37.0. The van der Waals surface area contributed by atoms with Gasteiger partial charge < -0.3 is 19.3 Å². The zero-order valence-corrected chi connectivity index (χ0v) is 34.3. The highest BCUT2D eigenvalue weighted by Gasteiger charge is 2.31. The summed E-state index contributed by atoms with van der Waals surface area (Å²) in [5.41, 5.74) is 13.8. The van der Waals surface area contributed by atoms with Crippen LogP contribution in [0.2, 0.25) is 0 Å². The number of carbonyl (C=O) groups excluding carboxylic acids is 3. The van der Waals surface area contributed by atoms with E-state index in [0.29, 0.717) is 17.2 Å². The Morgan fingerprint density at radius 1 is 0.439 bits per heavy atom. The number of esters is 3. The molecule has 5 aromatic carbocycles. The van der Waals surface area contributed by atoms with Gasteiger partial charge in [0, 0.05) is 30.1 Å². The number of hydrogen-bond donors (Lipinski definition) is 1. The summed E-state index contributed by atoms with van der Waals surface area (Å²) >= 11 is 0. The summed E-state index contributed by atoms with van der Waals surface area (Å²) in [5.74, 6) is -0.776. The van der Waals surface area contributed by atoms with Crippen molar-refractivity contribution < 1.29 is 33.7 Å². The SMILES string of the molecule is C=CC(=O)Oc1cc(C)c(C(c2cc(C)c(OC(=O)C=C)cc2C)c2ccc(C)cc2C(c2cc(C)c(O)cc2C)c2cc(C)c(OC(=O)C=C)cc2C)cc1C. The molecule has 0 aliphatic heterocycles. The lowest BCUT2D eigenvalue weighted by atomic mass is 9.72. The first-order valence-electron chi connectivity index (χ1n) is 18.7. The molecule has 0 amide bonds. The van der Waals surface area contributed by atoms with Crippen LogP contribution in [0.15, 0.2) is 105 Å². The highest BCUT2D eigenvalue weighted by molar-refractivity contribution is 5.85. The van der Waals surface area contributed by atoms with E-state index in [9.17, 15) is 19.5 Å².